The van der Waals surface area contributed by atoms with Crippen LogP contribution in [-0.2, 0) is 6.42 Å². The van der Waals surface area contributed by atoms with Crippen LogP contribution in [0.15, 0.2) is 85.1 Å². The SMILES string of the molecule is CCCCCCCCN1C=CC(/C=C/C=C/C2=[N+](C)c3ccccc3C2)c2ccccc21.[Br-]. The predicted molar refractivity (Wildman–Crippen MR) is 138 cm³/mol. The molecule has 2 heterocycles. The third-order valence-corrected chi connectivity index (χ3v) is 6.70. The summed E-state index contributed by atoms with van der Waals surface area (Å²) in [6.07, 6.45) is 22.6. The Morgan fingerprint density at radius 1 is 0.939 bits per heavy atom. The molecule has 2 aromatic carbocycles. The summed E-state index contributed by atoms with van der Waals surface area (Å²) in [6, 6.07) is 17.5. The highest BCUT2D eigenvalue weighted by atomic mass is 79.9. The van der Waals surface area contributed by atoms with E-state index in [0.717, 1.165) is 13.0 Å². The van der Waals surface area contributed by atoms with Crippen molar-refractivity contribution in [3.05, 3.63) is 96.2 Å². The van der Waals surface area contributed by atoms with Gasteiger partial charge in [0.2, 0.25) is 5.69 Å². The van der Waals surface area contributed by atoms with E-state index < -0.39 is 0 Å². The first-order chi connectivity index (χ1) is 15.8. The van der Waals surface area contributed by atoms with Crippen molar-refractivity contribution in [1.29, 1.82) is 0 Å². The molecule has 2 nitrogen and oxygen atoms in total. The van der Waals surface area contributed by atoms with E-state index >= 15 is 0 Å². The monoisotopic (exact) mass is 504 g/mol. The van der Waals surface area contributed by atoms with Crippen molar-refractivity contribution in [3.8, 4) is 0 Å². The highest BCUT2D eigenvalue weighted by molar-refractivity contribution is 5.96. The molecule has 174 valence electrons. The van der Waals surface area contributed by atoms with Crippen molar-refractivity contribution < 1.29 is 21.6 Å². The molecule has 0 amide bonds. The first kappa shape index (κ1) is 25.2. The fourth-order valence-corrected chi connectivity index (χ4v) is 4.81. The van der Waals surface area contributed by atoms with Crippen LogP contribution in [0.25, 0.3) is 0 Å². The molecular formula is C30H37BrN2. The quantitative estimate of drug-likeness (QED) is 0.261. The van der Waals surface area contributed by atoms with Crippen LogP contribution in [0, 0.1) is 0 Å². The van der Waals surface area contributed by atoms with Gasteiger partial charge in [-0.3, -0.25) is 0 Å². The van der Waals surface area contributed by atoms with Gasteiger partial charge in [-0.2, -0.15) is 4.58 Å². The van der Waals surface area contributed by atoms with Gasteiger partial charge in [-0.05, 0) is 18.1 Å². The van der Waals surface area contributed by atoms with E-state index in [-0.39, 0.29) is 17.0 Å². The van der Waals surface area contributed by atoms with Crippen molar-refractivity contribution in [3.63, 3.8) is 0 Å². The average molecular weight is 506 g/mol. The van der Waals surface area contributed by atoms with Crippen molar-refractivity contribution >= 4 is 17.1 Å². The molecule has 0 saturated heterocycles. The highest BCUT2D eigenvalue weighted by Gasteiger charge is 2.24. The van der Waals surface area contributed by atoms with E-state index in [2.05, 4.69) is 109 Å². The fourth-order valence-electron chi connectivity index (χ4n) is 4.81. The minimum Gasteiger partial charge on any atom is -1.00 e. The lowest BCUT2D eigenvalue weighted by Crippen LogP contribution is -3.00. The first-order valence-electron chi connectivity index (χ1n) is 12.3. The summed E-state index contributed by atoms with van der Waals surface area (Å²) >= 11 is 0. The Morgan fingerprint density at radius 2 is 1.70 bits per heavy atom. The lowest BCUT2D eigenvalue weighted by molar-refractivity contribution is -0.400. The van der Waals surface area contributed by atoms with Gasteiger partial charge in [0, 0.05) is 42.1 Å². The molecule has 0 bridgehead atoms. The Kier molecular flexibility index (Phi) is 9.75. The summed E-state index contributed by atoms with van der Waals surface area (Å²) in [6.45, 7) is 3.39. The van der Waals surface area contributed by atoms with E-state index in [4.69, 9.17) is 0 Å². The van der Waals surface area contributed by atoms with E-state index in [0.29, 0.717) is 5.92 Å². The normalized spacial score (nSPS) is 17.0. The van der Waals surface area contributed by atoms with Gasteiger partial charge in [0.1, 0.15) is 7.05 Å². The van der Waals surface area contributed by atoms with Crippen LogP contribution < -0.4 is 21.9 Å². The number of rotatable bonds is 10. The van der Waals surface area contributed by atoms with E-state index in [1.807, 2.05) is 0 Å². The zero-order valence-corrected chi connectivity index (χ0v) is 21.7. The van der Waals surface area contributed by atoms with Gasteiger partial charge in [0.15, 0.2) is 5.71 Å². The van der Waals surface area contributed by atoms with E-state index in [9.17, 15) is 0 Å². The van der Waals surface area contributed by atoms with Gasteiger partial charge in [0.05, 0.1) is 6.42 Å². The molecule has 0 aromatic heterocycles. The number of fused-ring (bicyclic) bond motifs is 2. The Hall–Kier alpha value is -2.39. The van der Waals surface area contributed by atoms with Crippen molar-refractivity contribution in [1.82, 2.24) is 0 Å². The summed E-state index contributed by atoms with van der Waals surface area (Å²) in [5.41, 5.74) is 6.85. The van der Waals surface area contributed by atoms with Gasteiger partial charge >= 0.3 is 0 Å². The third-order valence-electron chi connectivity index (χ3n) is 6.70. The predicted octanol–water partition coefficient (Wildman–Crippen LogP) is 4.55. The van der Waals surface area contributed by atoms with Gasteiger partial charge in [-0.1, -0.05) is 99.7 Å². The second-order valence-electron chi connectivity index (χ2n) is 8.99. The number of halogens is 1. The molecule has 33 heavy (non-hydrogen) atoms. The number of benzene rings is 2. The minimum absolute atomic E-state index is 0. The molecule has 0 saturated carbocycles. The zero-order chi connectivity index (χ0) is 22.2. The molecule has 0 spiro atoms. The van der Waals surface area contributed by atoms with Crippen LogP contribution in [0.2, 0.25) is 0 Å². The zero-order valence-electron chi connectivity index (χ0n) is 20.1. The molecule has 3 heteroatoms. The molecule has 0 fully saturated rings. The Bertz CT molecular complexity index is 1030. The summed E-state index contributed by atoms with van der Waals surface area (Å²) in [5, 5.41) is 0. The number of hydrogen-bond donors (Lipinski definition) is 0. The van der Waals surface area contributed by atoms with Gasteiger partial charge < -0.3 is 21.9 Å². The summed E-state index contributed by atoms with van der Waals surface area (Å²) in [7, 11) is 2.16. The topological polar surface area (TPSA) is 6.25 Å². The van der Waals surface area contributed by atoms with Crippen LogP contribution in [0.4, 0.5) is 11.4 Å². The van der Waals surface area contributed by atoms with Crippen LogP contribution in [0.5, 0.6) is 0 Å². The number of para-hydroxylation sites is 2. The van der Waals surface area contributed by atoms with E-state index in [1.165, 1.54) is 66.7 Å². The molecule has 4 rings (SSSR count). The lowest BCUT2D eigenvalue weighted by atomic mass is 9.93. The number of hydrogen-bond acceptors (Lipinski definition) is 1. The molecular weight excluding hydrogens is 468 g/mol. The molecule has 1 unspecified atom stereocenters. The van der Waals surface area contributed by atoms with Crippen molar-refractivity contribution in [2.24, 2.45) is 0 Å². The maximum absolute atomic E-state index is 2.44. The van der Waals surface area contributed by atoms with Crippen LogP contribution >= 0.6 is 0 Å². The van der Waals surface area contributed by atoms with Crippen LogP contribution in [-0.4, -0.2) is 23.9 Å². The summed E-state index contributed by atoms with van der Waals surface area (Å²) in [5.74, 6) is 0.333. The number of unbranched alkanes of at least 4 members (excludes halogenated alkanes) is 5. The summed E-state index contributed by atoms with van der Waals surface area (Å²) in [4.78, 5) is 2.44. The molecule has 2 aromatic rings. The number of nitrogens with zero attached hydrogens (tertiary/aromatic N) is 2. The fraction of sp³-hybridized carbons (Fsp3) is 0.367. The standard InChI is InChI=1S/C30H37N2.BrH/c1-3-4-5-6-7-14-22-32-23-21-25(28-18-11-13-20-30(28)32)15-8-10-17-27-24-26-16-9-12-19-29(26)31(27)2;/h8-13,15-21,23,25H,3-7,14,22,24H2,1-2H3;1H/q+1;/p-1/b15-8+,17-10+;. The smallest absolute Gasteiger partial charge is 0.208 e. The Balaban J connectivity index is 0.00000306. The highest BCUT2D eigenvalue weighted by Crippen LogP contribution is 2.34. The second-order valence-corrected chi connectivity index (χ2v) is 8.99. The minimum atomic E-state index is 0. The maximum Gasteiger partial charge on any atom is 0.208 e. The maximum atomic E-state index is 2.44. The van der Waals surface area contributed by atoms with Crippen molar-refractivity contribution in [2.75, 3.05) is 18.5 Å². The van der Waals surface area contributed by atoms with E-state index in [1.54, 1.807) is 0 Å². The summed E-state index contributed by atoms with van der Waals surface area (Å²) < 4.78 is 2.30. The second kappa shape index (κ2) is 12.7. The Labute approximate surface area is 210 Å². The average Bonchev–Trinajstić information content (AvgIpc) is 3.15. The molecule has 0 N–H and O–H groups in total. The van der Waals surface area contributed by atoms with Crippen LogP contribution in [0.3, 0.4) is 0 Å². The van der Waals surface area contributed by atoms with Crippen molar-refractivity contribution in [2.45, 2.75) is 57.8 Å². The van der Waals surface area contributed by atoms with Crippen LogP contribution in [0.1, 0.15) is 62.5 Å². The van der Waals surface area contributed by atoms with Gasteiger partial charge in [-0.25, -0.2) is 0 Å². The lowest BCUT2D eigenvalue weighted by Gasteiger charge is -2.29. The number of allylic oxidation sites excluding steroid dienone is 5. The number of anilines is 1. The molecule has 1 atom stereocenters. The third kappa shape index (κ3) is 6.35. The van der Waals surface area contributed by atoms with Gasteiger partial charge in [-0.15, -0.1) is 0 Å². The first-order valence-corrected chi connectivity index (χ1v) is 12.3. The molecule has 0 aliphatic carbocycles. The largest absolute Gasteiger partial charge is 1.00 e. The molecule has 2 aliphatic rings. The molecule has 0 radical (unpaired) electrons. The molecule has 2 aliphatic heterocycles. The van der Waals surface area contributed by atoms with Gasteiger partial charge in [0.25, 0.3) is 0 Å². The Morgan fingerprint density at radius 3 is 2.55 bits per heavy atom.